The quantitative estimate of drug-likeness (QED) is 0.536. The summed E-state index contributed by atoms with van der Waals surface area (Å²) in [7, 11) is 0. The number of halogens is 1. The maximum Gasteiger partial charge on any atom is 0.276 e. The Bertz CT molecular complexity index is 1130. The number of aryl methyl sites for hydroxylation is 1. The SMILES string of the molecule is O=C(CCc1nc(-c2ccc(F)cc2)no1)NCCCCNC1=C2C=CC=CC2C(=O)N=N1. The second-order valence-corrected chi connectivity index (χ2v) is 7.57. The number of fused-ring (bicyclic) bond motifs is 1. The summed E-state index contributed by atoms with van der Waals surface area (Å²) in [6, 6.07) is 5.79. The van der Waals surface area contributed by atoms with E-state index in [1.165, 1.54) is 12.1 Å². The first-order valence-corrected chi connectivity index (χ1v) is 10.7. The lowest BCUT2D eigenvalue weighted by Crippen LogP contribution is -2.26. The molecule has 1 aliphatic heterocycles. The van der Waals surface area contributed by atoms with Gasteiger partial charge in [-0.2, -0.15) is 4.98 Å². The number of hydrogen-bond donors (Lipinski definition) is 2. The molecule has 2 aromatic rings. The van der Waals surface area contributed by atoms with Crippen LogP contribution in [-0.4, -0.2) is 35.0 Å². The molecule has 10 heteroatoms. The van der Waals surface area contributed by atoms with Gasteiger partial charge >= 0.3 is 0 Å². The first kappa shape index (κ1) is 22.3. The highest BCUT2D eigenvalue weighted by atomic mass is 19.1. The molecule has 9 nitrogen and oxygen atoms in total. The molecule has 0 saturated carbocycles. The highest BCUT2D eigenvalue weighted by Gasteiger charge is 2.26. The third kappa shape index (κ3) is 5.85. The summed E-state index contributed by atoms with van der Waals surface area (Å²) in [6.07, 6.45) is 9.54. The molecule has 0 radical (unpaired) electrons. The number of aromatic nitrogens is 2. The lowest BCUT2D eigenvalue weighted by molar-refractivity contribution is -0.121. The standard InChI is InChI=1S/C23H23FN6O3/c24-16-9-7-15(8-10-16)21-27-20(33-30-21)12-11-19(31)25-13-3-4-14-26-22-17-5-1-2-6-18(17)23(32)29-28-22/h1-2,5-10,18,26H,3-4,11-14H2,(H,25,31). The smallest absolute Gasteiger partial charge is 0.276 e. The summed E-state index contributed by atoms with van der Waals surface area (Å²) in [6.45, 7) is 1.20. The highest BCUT2D eigenvalue weighted by Crippen LogP contribution is 2.27. The van der Waals surface area contributed by atoms with E-state index < -0.39 is 0 Å². The molecule has 0 bridgehead atoms. The molecule has 2 amide bonds. The zero-order valence-corrected chi connectivity index (χ0v) is 17.8. The van der Waals surface area contributed by atoms with Crippen LogP contribution in [0.15, 0.2) is 74.7 Å². The Morgan fingerprint density at radius 1 is 1.09 bits per heavy atom. The number of hydrogen-bond acceptors (Lipinski definition) is 7. The maximum absolute atomic E-state index is 13.0. The van der Waals surface area contributed by atoms with Crippen LogP contribution in [0.1, 0.15) is 25.2 Å². The first-order valence-electron chi connectivity index (χ1n) is 10.7. The van der Waals surface area contributed by atoms with Crippen LogP contribution in [0.2, 0.25) is 0 Å². The van der Waals surface area contributed by atoms with Crippen molar-refractivity contribution < 1.29 is 18.5 Å². The fraction of sp³-hybridized carbons (Fsp3) is 0.304. The summed E-state index contributed by atoms with van der Waals surface area (Å²) < 4.78 is 18.2. The van der Waals surface area contributed by atoms with Gasteiger partial charge < -0.3 is 15.2 Å². The van der Waals surface area contributed by atoms with E-state index in [0.717, 1.165) is 18.4 Å². The molecule has 2 heterocycles. The molecule has 2 aliphatic rings. The predicted molar refractivity (Wildman–Crippen MR) is 117 cm³/mol. The van der Waals surface area contributed by atoms with Crippen molar-refractivity contribution in [3.8, 4) is 11.4 Å². The largest absolute Gasteiger partial charge is 0.368 e. The molecule has 1 unspecified atom stereocenters. The second-order valence-electron chi connectivity index (χ2n) is 7.57. The molecule has 170 valence electrons. The minimum absolute atomic E-state index is 0.101. The van der Waals surface area contributed by atoms with E-state index >= 15 is 0 Å². The minimum Gasteiger partial charge on any atom is -0.368 e. The highest BCUT2D eigenvalue weighted by molar-refractivity contribution is 5.86. The topological polar surface area (TPSA) is 122 Å². The molecule has 4 rings (SSSR count). The van der Waals surface area contributed by atoms with Crippen LogP contribution >= 0.6 is 0 Å². The van der Waals surface area contributed by atoms with E-state index in [9.17, 15) is 14.0 Å². The van der Waals surface area contributed by atoms with Crippen molar-refractivity contribution in [1.29, 1.82) is 0 Å². The summed E-state index contributed by atoms with van der Waals surface area (Å²) >= 11 is 0. The molecule has 0 saturated heterocycles. The van der Waals surface area contributed by atoms with Crippen molar-refractivity contribution in [2.75, 3.05) is 13.1 Å². The van der Waals surface area contributed by atoms with E-state index in [0.29, 0.717) is 42.6 Å². The lowest BCUT2D eigenvalue weighted by Gasteiger charge is -2.20. The van der Waals surface area contributed by atoms with Crippen molar-refractivity contribution in [2.45, 2.75) is 25.7 Å². The molecule has 0 fully saturated rings. The van der Waals surface area contributed by atoms with E-state index in [-0.39, 0.29) is 30.0 Å². The van der Waals surface area contributed by atoms with Gasteiger partial charge in [-0.05, 0) is 37.1 Å². The van der Waals surface area contributed by atoms with Gasteiger partial charge in [0.25, 0.3) is 5.91 Å². The average Bonchev–Trinajstić information content (AvgIpc) is 3.31. The number of nitrogens with one attached hydrogen (secondary N) is 2. The van der Waals surface area contributed by atoms with Crippen molar-refractivity contribution in [2.24, 2.45) is 16.1 Å². The Hall–Kier alpha value is -3.95. The number of benzene rings is 1. The van der Waals surface area contributed by atoms with Gasteiger partial charge in [0, 0.05) is 37.1 Å². The third-order valence-electron chi connectivity index (χ3n) is 5.17. The molecule has 2 N–H and O–H groups in total. The van der Waals surface area contributed by atoms with Crippen LogP contribution < -0.4 is 10.6 Å². The van der Waals surface area contributed by atoms with E-state index in [1.54, 1.807) is 12.1 Å². The van der Waals surface area contributed by atoms with Crippen molar-refractivity contribution >= 4 is 11.8 Å². The number of unbranched alkanes of at least 4 members (excludes halogenated alkanes) is 1. The number of carbonyl (C=O) groups is 2. The number of carbonyl (C=O) groups excluding carboxylic acids is 2. The molecular weight excluding hydrogens is 427 g/mol. The van der Waals surface area contributed by atoms with Gasteiger partial charge in [0.2, 0.25) is 17.6 Å². The fourth-order valence-corrected chi connectivity index (χ4v) is 3.41. The zero-order valence-electron chi connectivity index (χ0n) is 17.8. The summed E-state index contributed by atoms with van der Waals surface area (Å²) in [5, 5.41) is 17.6. The molecule has 1 aromatic heterocycles. The van der Waals surface area contributed by atoms with Crippen LogP contribution in [0.3, 0.4) is 0 Å². The molecular formula is C23H23FN6O3. The number of amides is 2. The molecule has 0 spiro atoms. The Morgan fingerprint density at radius 3 is 2.76 bits per heavy atom. The maximum atomic E-state index is 13.0. The molecule has 1 atom stereocenters. The van der Waals surface area contributed by atoms with Gasteiger partial charge in [-0.25, -0.2) is 4.39 Å². The third-order valence-corrected chi connectivity index (χ3v) is 5.17. The monoisotopic (exact) mass is 450 g/mol. The summed E-state index contributed by atoms with van der Waals surface area (Å²) in [4.78, 5) is 28.1. The van der Waals surface area contributed by atoms with Crippen LogP contribution in [0.5, 0.6) is 0 Å². The van der Waals surface area contributed by atoms with Gasteiger partial charge in [0.15, 0.2) is 5.82 Å². The molecule has 1 aromatic carbocycles. The van der Waals surface area contributed by atoms with Gasteiger partial charge in [-0.3, -0.25) is 9.59 Å². The van der Waals surface area contributed by atoms with Gasteiger partial charge in [-0.15, -0.1) is 10.2 Å². The van der Waals surface area contributed by atoms with Gasteiger partial charge in [0.05, 0.1) is 5.92 Å². The molecule has 1 aliphatic carbocycles. The Balaban J connectivity index is 1.12. The van der Waals surface area contributed by atoms with Crippen LogP contribution in [0.25, 0.3) is 11.4 Å². The predicted octanol–water partition coefficient (Wildman–Crippen LogP) is 3.24. The average molecular weight is 450 g/mol. The van der Waals surface area contributed by atoms with Gasteiger partial charge in [-0.1, -0.05) is 29.5 Å². The number of rotatable bonds is 10. The molecule has 33 heavy (non-hydrogen) atoms. The van der Waals surface area contributed by atoms with Crippen molar-refractivity contribution in [3.63, 3.8) is 0 Å². The minimum atomic E-state index is -0.361. The van der Waals surface area contributed by atoms with Crippen molar-refractivity contribution in [3.05, 3.63) is 71.7 Å². The fourth-order valence-electron chi connectivity index (χ4n) is 3.41. The van der Waals surface area contributed by atoms with E-state index in [4.69, 9.17) is 4.52 Å². The van der Waals surface area contributed by atoms with E-state index in [1.807, 2.05) is 24.3 Å². The first-order chi connectivity index (χ1) is 16.1. The zero-order chi connectivity index (χ0) is 23.0. The number of azo groups is 1. The van der Waals surface area contributed by atoms with Gasteiger partial charge in [0.1, 0.15) is 5.82 Å². The van der Waals surface area contributed by atoms with Crippen LogP contribution in [0.4, 0.5) is 4.39 Å². The summed E-state index contributed by atoms with van der Waals surface area (Å²) in [5.74, 6) is 0.275. The van der Waals surface area contributed by atoms with Crippen LogP contribution in [-0.2, 0) is 16.0 Å². The van der Waals surface area contributed by atoms with Crippen LogP contribution in [0, 0.1) is 11.7 Å². The lowest BCUT2D eigenvalue weighted by atomic mass is 9.93. The Kier molecular flexibility index (Phi) is 7.13. The number of nitrogens with zero attached hydrogens (tertiary/aromatic N) is 4. The van der Waals surface area contributed by atoms with Crippen molar-refractivity contribution in [1.82, 2.24) is 20.8 Å². The Morgan fingerprint density at radius 2 is 1.91 bits per heavy atom. The Labute approximate surface area is 189 Å². The van der Waals surface area contributed by atoms with E-state index in [2.05, 4.69) is 31.0 Å². The normalized spacial score (nSPS) is 16.8. The number of allylic oxidation sites excluding steroid dienone is 3. The second kappa shape index (κ2) is 10.6. The summed E-state index contributed by atoms with van der Waals surface area (Å²) in [5.41, 5.74) is 1.48.